The first-order chi connectivity index (χ1) is 7.00. The average Bonchev–Trinajstić information content (AvgIpc) is 2.12. The maximum atomic E-state index is 10.4. The molecule has 3 N–H and O–H groups in total. The van der Waals surface area contributed by atoms with Gasteiger partial charge in [0.15, 0.2) is 0 Å². The van der Waals surface area contributed by atoms with E-state index in [0.29, 0.717) is 10.0 Å². The minimum atomic E-state index is -0.514. The Morgan fingerprint density at radius 2 is 2.20 bits per heavy atom. The fourth-order valence-electron chi connectivity index (χ4n) is 0.918. The maximum Gasteiger partial charge on any atom is 0.239 e. The van der Waals surface area contributed by atoms with Crippen LogP contribution in [0.4, 0.5) is 0 Å². The molecule has 0 aliphatic rings. The Morgan fingerprint density at radius 3 is 2.80 bits per heavy atom. The summed E-state index contributed by atoms with van der Waals surface area (Å²) in [4.78, 5) is 14.2. The van der Waals surface area contributed by atoms with Gasteiger partial charge in [-0.15, -0.1) is 0 Å². The van der Waals surface area contributed by atoms with Crippen LogP contribution in [0.15, 0.2) is 26.1 Å². The average molecular weight is 336 g/mol. The first-order valence-electron chi connectivity index (χ1n) is 3.97. The van der Waals surface area contributed by atoms with Crippen molar-refractivity contribution in [2.45, 2.75) is 0 Å². The van der Waals surface area contributed by atoms with Crippen molar-refractivity contribution < 1.29 is 9.90 Å². The van der Waals surface area contributed by atoms with Crippen LogP contribution in [0, 0.1) is 0 Å². The molecule has 0 aliphatic carbocycles. The molecule has 0 saturated carbocycles. The quantitative estimate of drug-likeness (QED) is 0.827. The second-order valence-electron chi connectivity index (χ2n) is 2.76. The van der Waals surface area contributed by atoms with Gasteiger partial charge in [0.1, 0.15) is 12.3 Å². The molecular weight excluding hydrogens is 328 g/mol. The minimum Gasteiger partial charge on any atom is -0.506 e. The molecule has 0 aromatic heterocycles. The van der Waals surface area contributed by atoms with Crippen molar-refractivity contribution in [1.82, 2.24) is 0 Å². The molecule has 80 valence electrons. The third-order valence-corrected chi connectivity index (χ3v) is 2.60. The lowest BCUT2D eigenvalue weighted by molar-refractivity contribution is -0.116. The van der Waals surface area contributed by atoms with Gasteiger partial charge >= 0.3 is 0 Å². The highest BCUT2D eigenvalue weighted by Gasteiger charge is 2.04. The van der Waals surface area contributed by atoms with Crippen LogP contribution < -0.4 is 5.73 Å². The molecule has 1 rings (SSSR count). The summed E-state index contributed by atoms with van der Waals surface area (Å²) in [6, 6.07) is 3.39. The van der Waals surface area contributed by atoms with Crippen LogP contribution in [0.1, 0.15) is 5.56 Å². The molecule has 4 nitrogen and oxygen atoms in total. The smallest absolute Gasteiger partial charge is 0.239 e. The van der Waals surface area contributed by atoms with Crippen molar-refractivity contribution >= 4 is 44.0 Å². The largest absolute Gasteiger partial charge is 0.506 e. The summed E-state index contributed by atoms with van der Waals surface area (Å²) in [7, 11) is 0. The molecule has 0 heterocycles. The van der Waals surface area contributed by atoms with E-state index in [1.54, 1.807) is 12.1 Å². The molecule has 1 aromatic rings. The van der Waals surface area contributed by atoms with Crippen molar-refractivity contribution in [3.63, 3.8) is 0 Å². The van der Waals surface area contributed by atoms with E-state index >= 15 is 0 Å². The predicted molar refractivity (Wildman–Crippen MR) is 65.2 cm³/mol. The van der Waals surface area contributed by atoms with E-state index in [9.17, 15) is 9.90 Å². The number of phenols is 1. The van der Waals surface area contributed by atoms with Crippen molar-refractivity contribution in [1.29, 1.82) is 0 Å². The van der Waals surface area contributed by atoms with E-state index < -0.39 is 5.91 Å². The molecular formula is C9H8Br2N2O2. The molecule has 0 spiro atoms. The third kappa shape index (κ3) is 3.64. The summed E-state index contributed by atoms with van der Waals surface area (Å²) in [6.07, 6.45) is 1.40. The number of rotatable bonds is 3. The topological polar surface area (TPSA) is 75.7 Å². The SMILES string of the molecule is NC(=O)CN=Cc1cc(Br)cc(Br)c1O. The van der Waals surface area contributed by atoms with Crippen LogP contribution >= 0.6 is 31.9 Å². The van der Waals surface area contributed by atoms with E-state index in [4.69, 9.17) is 5.73 Å². The van der Waals surface area contributed by atoms with Crippen molar-refractivity contribution in [2.75, 3.05) is 6.54 Å². The number of aromatic hydroxyl groups is 1. The molecule has 0 atom stereocenters. The Morgan fingerprint density at radius 1 is 1.53 bits per heavy atom. The van der Waals surface area contributed by atoms with Gasteiger partial charge in [0.05, 0.1) is 4.47 Å². The lowest BCUT2D eigenvalue weighted by atomic mass is 10.2. The van der Waals surface area contributed by atoms with Crippen LogP contribution in [0.25, 0.3) is 0 Å². The van der Waals surface area contributed by atoms with E-state index in [2.05, 4.69) is 36.9 Å². The third-order valence-electron chi connectivity index (χ3n) is 1.54. The fourth-order valence-corrected chi connectivity index (χ4v) is 2.18. The molecule has 0 saturated heterocycles. The predicted octanol–water partition coefficient (Wildman–Crippen LogP) is 1.82. The van der Waals surface area contributed by atoms with Gasteiger partial charge in [-0.3, -0.25) is 9.79 Å². The molecule has 6 heteroatoms. The summed E-state index contributed by atoms with van der Waals surface area (Å²) in [6.45, 7) is -0.0937. The molecule has 1 amide bonds. The summed E-state index contributed by atoms with van der Waals surface area (Å²) < 4.78 is 1.35. The number of carbonyl (C=O) groups excluding carboxylic acids is 1. The minimum absolute atomic E-state index is 0.0754. The molecule has 15 heavy (non-hydrogen) atoms. The monoisotopic (exact) mass is 334 g/mol. The van der Waals surface area contributed by atoms with E-state index in [-0.39, 0.29) is 12.3 Å². The Hall–Kier alpha value is -0.880. The summed E-state index contributed by atoms with van der Waals surface area (Å²) in [5.41, 5.74) is 5.43. The van der Waals surface area contributed by atoms with Gasteiger partial charge in [0.25, 0.3) is 0 Å². The van der Waals surface area contributed by atoms with E-state index in [1.165, 1.54) is 6.21 Å². The van der Waals surface area contributed by atoms with Crippen molar-refractivity contribution in [2.24, 2.45) is 10.7 Å². The number of benzene rings is 1. The number of aliphatic imine (C=N–C) groups is 1. The number of hydrogen-bond acceptors (Lipinski definition) is 3. The van der Waals surface area contributed by atoms with Gasteiger partial charge in [-0.05, 0) is 28.1 Å². The molecule has 0 aliphatic heterocycles. The Balaban J connectivity index is 2.94. The second-order valence-corrected chi connectivity index (χ2v) is 4.53. The fraction of sp³-hybridized carbons (Fsp3) is 0.111. The Bertz CT molecular complexity index is 419. The lowest BCUT2D eigenvalue weighted by Gasteiger charge is -2.02. The van der Waals surface area contributed by atoms with Gasteiger partial charge in [0.2, 0.25) is 5.91 Å². The van der Waals surface area contributed by atoms with Crippen LogP contribution in [0.5, 0.6) is 5.75 Å². The molecule has 0 fully saturated rings. The van der Waals surface area contributed by atoms with Gasteiger partial charge < -0.3 is 10.8 Å². The lowest BCUT2D eigenvalue weighted by Crippen LogP contribution is -2.14. The number of carbonyl (C=O) groups is 1. The number of hydrogen-bond donors (Lipinski definition) is 2. The van der Waals surface area contributed by atoms with Gasteiger partial charge in [-0.1, -0.05) is 15.9 Å². The van der Waals surface area contributed by atoms with Crippen LogP contribution in [0.3, 0.4) is 0 Å². The zero-order chi connectivity index (χ0) is 11.4. The highest BCUT2D eigenvalue weighted by molar-refractivity contribution is 9.11. The van der Waals surface area contributed by atoms with Crippen LogP contribution in [0.2, 0.25) is 0 Å². The van der Waals surface area contributed by atoms with Crippen LogP contribution in [-0.2, 0) is 4.79 Å². The normalized spacial score (nSPS) is 10.8. The number of amides is 1. The Kier molecular flexibility index (Phi) is 4.28. The highest BCUT2D eigenvalue weighted by atomic mass is 79.9. The summed E-state index contributed by atoms with van der Waals surface area (Å²) in [5.74, 6) is -0.439. The first kappa shape index (κ1) is 12.2. The molecule has 0 unspecified atom stereocenters. The van der Waals surface area contributed by atoms with Gasteiger partial charge in [0, 0.05) is 16.3 Å². The number of nitrogens with zero attached hydrogens (tertiary/aromatic N) is 1. The zero-order valence-corrected chi connectivity index (χ0v) is 10.7. The molecule has 0 bridgehead atoms. The molecule has 0 radical (unpaired) electrons. The van der Waals surface area contributed by atoms with Crippen molar-refractivity contribution in [3.05, 3.63) is 26.6 Å². The number of primary amides is 1. The van der Waals surface area contributed by atoms with Gasteiger partial charge in [-0.25, -0.2) is 0 Å². The number of halogens is 2. The Labute approximate surface area is 103 Å². The standard InChI is InChI=1S/C9H8Br2N2O2/c10-6-1-5(3-13-4-8(12)14)9(15)7(11)2-6/h1-3,15H,4H2,(H2,12,14). The maximum absolute atomic E-state index is 10.4. The van der Waals surface area contributed by atoms with Crippen LogP contribution in [-0.4, -0.2) is 23.8 Å². The van der Waals surface area contributed by atoms with E-state index in [0.717, 1.165) is 4.47 Å². The first-order valence-corrected chi connectivity index (χ1v) is 5.55. The number of phenolic OH excluding ortho intramolecular Hbond substituents is 1. The summed E-state index contributed by atoms with van der Waals surface area (Å²) >= 11 is 6.46. The van der Waals surface area contributed by atoms with Crippen molar-refractivity contribution in [3.8, 4) is 5.75 Å². The number of nitrogens with two attached hydrogens (primary N) is 1. The van der Waals surface area contributed by atoms with Gasteiger partial charge in [-0.2, -0.15) is 0 Å². The second kappa shape index (κ2) is 5.27. The van der Waals surface area contributed by atoms with E-state index in [1.807, 2.05) is 0 Å². The highest BCUT2D eigenvalue weighted by Crippen LogP contribution is 2.30. The molecule has 1 aromatic carbocycles. The zero-order valence-electron chi connectivity index (χ0n) is 7.58. The summed E-state index contributed by atoms with van der Waals surface area (Å²) in [5, 5.41) is 9.61.